The van der Waals surface area contributed by atoms with Crippen molar-refractivity contribution in [1.29, 1.82) is 0 Å². The number of imide groups is 1. The van der Waals surface area contributed by atoms with E-state index in [1.807, 2.05) is 0 Å². The van der Waals surface area contributed by atoms with Gasteiger partial charge in [-0.25, -0.2) is 4.90 Å². The number of hydrogen-bond donors (Lipinski definition) is 1. The van der Waals surface area contributed by atoms with Gasteiger partial charge in [-0.2, -0.15) is 0 Å². The zero-order valence-electron chi connectivity index (χ0n) is 14.0. The molecule has 0 aromatic heterocycles. The number of nitrogens with zero attached hydrogens (tertiary/aromatic N) is 2. The number of benzene rings is 2. The molecule has 0 saturated carbocycles. The Labute approximate surface area is 158 Å². The highest BCUT2D eigenvalue weighted by molar-refractivity contribution is 8.19. The van der Waals surface area contributed by atoms with Gasteiger partial charge in [-0.15, -0.1) is 0 Å². The topological polar surface area (TPSA) is 110 Å². The van der Waals surface area contributed by atoms with Crippen molar-refractivity contribution >= 4 is 52.0 Å². The Morgan fingerprint density at radius 1 is 1.15 bits per heavy atom. The lowest BCUT2D eigenvalue weighted by atomic mass is 10.1. The van der Waals surface area contributed by atoms with Gasteiger partial charge in [0.25, 0.3) is 16.8 Å². The van der Waals surface area contributed by atoms with Gasteiger partial charge >= 0.3 is 0 Å². The molecule has 1 heterocycles. The van der Waals surface area contributed by atoms with Crippen molar-refractivity contribution < 1.29 is 19.3 Å². The molecule has 3 rings (SSSR count). The second-order valence-electron chi connectivity index (χ2n) is 5.56. The van der Waals surface area contributed by atoms with Crippen LogP contribution in [0.3, 0.4) is 0 Å². The maximum Gasteiger partial charge on any atom is 0.298 e. The summed E-state index contributed by atoms with van der Waals surface area (Å²) in [5.41, 5.74) is 0.976. The Morgan fingerprint density at radius 2 is 1.81 bits per heavy atom. The van der Waals surface area contributed by atoms with E-state index < -0.39 is 16.1 Å². The normalized spacial score (nSPS) is 15.3. The summed E-state index contributed by atoms with van der Waals surface area (Å²) in [5.74, 6) is -0.795. The highest BCUT2D eigenvalue weighted by atomic mass is 32.2. The third kappa shape index (κ3) is 3.87. The first kappa shape index (κ1) is 18.3. The number of anilines is 2. The van der Waals surface area contributed by atoms with Crippen molar-refractivity contribution in [2.45, 2.75) is 6.92 Å². The molecule has 2 aromatic rings. The van der Waals surface area contributed by atoms with Crippen LogP contribution >= 0.6 is 11.8 Å². The smallest absolute Gasteiger partial charge is 0.298 e. The number of carbonyl (C=O) groups excluding carboxylic acids is 3. The molecule has 1 fully saturated rings. The fraction of sp³-hybridized carbons (Fsp3) is 0.0556. The minimum absolute atomic E-state index is 0.0974. The van der Waals surface area contributed by atoms with Crippen molar-refractivity contribution in [3.05, 3.63) is 69.1 Å². The number of hydrogen-bond acceptors (Lipinski definition) is 6. The van der Waals surface area contributed by atoms with Gasteiger partial charge in [0, 0.05) is 18.7 Å². The number of nitro groups is 1. The van der Waals surface area contributed by atoms with E-state index in [0.717, 1.165) is 4.90 Å². The van der Waals surface area contributed by atoms with Crippen LogP contribution in [0.25, 0.3) is 6.08 Å². The zero-order valence-corrected chi connectivity index (χ0v) is 14.9. The fourth-order valence-electron chi connectivity index (χ4n) is 2.50. The lowest BCUT2D eigenvalue weighted by Gasteiger charge is -2.13. The van der Waals surface area contributed by atoms with E-state index >= 15 is 0 Å². The molecule has 8 nitrogen and oxygen atoms in total. The standard InChI is InChI=1S/C18H13N3O5S/c1-11(22)19-13-6-8-14(9-7-13)20-17(23)16(27-18(20)24)10-12-4-2-3-5-15(12)21(25)26/h2-10H,1H3,(H,19,22)/b16-10-. The number of carbonyl (C=O) groups is 3. The molecule has 1 N–H and O–H groups in total. The molecule has 136 valence electrons. The van der Waals surface area contributed by atoms with Crippen molar-refractivity contribution in [1.82, 2.24) is 0 Å². The van der Waals surface area contributed by atoms with Gasteiger partial charge in [-0.05, 0) is 48.2 Å². The van der Waals surface area contributed by atoms with Crippen LogP contribution < -0.4 is 10.2 Å². The molecular formula is C18H13N3O5S. The summed E-state index contributed by atoms with van der Waals surface area (Å²) < 4.78 is 0. The van der Waals surface area contributed by atoms with E-state index in [1.165, 1.54) is 43.3 Å². The molecule has 0 aliphatic carbocycles. The van der Waals surface area contributed by atoms with Crippen molar-refractivity contribution in [2.75, 3.05) is 10.2 Å². The highest BCUT2D eigenvalue weighted by Gasteiger charge is 2.36. The first-order chi connectivity index (χ1) is 12.9. The number of nitro benzene ring substituents is 1. The number of rotatable bonds is 4. The summed E-state index contributed by atoms with van der Waals surface area (Å²) in [6.45, 7) is 1.37. The first-order valence-electron chi connectivity index (χ1n) is 7.76. The zero-order chi connectivity index (χ0) is 19.6. The fourth-order valence-corrected chi connectivity index (χ4v) is 3.34. The van der Waals surface area contributed by atoms with Crippen molar-refractivity contribution in [2.24, 2.45) is 0 Å². The SMILES string of the molecule is CC(=O)Nc1ccc(N2C(=O)S/C(=C\c3ccccc3[N+](=O)[O-])C2=O)cc1. The summed E-state index contributed by atoms with van der Waals surface area (Å²) in [4.78, 5) is 47.6. The lowest BCUT2D eigenvalue weighted by Crippen LogP contribution is -2.27. The van der Waals surface area contributed by atoms with Crippen LogP contribution in [0.4, 0.5) is 21.9 Å². The van der Waals surface area contributed by atoms with Crippen LogP contribution in [-0.4, -0.2) is 22.0 Å². The summed E-state index contributed by atoms with van der Waals surface area (Å²) in [5, 5.41) is 13.2. The Balaban J connectivity index is 1.89. The predicted molar refractivity (Wildman–Crippen MR) is 102 cm³/mol. The van der Waals surface area contributed by atoms with Gasteiger partial charge in [0.2, 0.25) is 5.91 Å². The van der Waals surface area contributed by atoms with Gasteiger partial charge in [-0.1, -0.05) is 12.1 Å². The number of amides is 3. The van der Waals surface area contributed by atoms with Gasteiger partial charge in [0.15, 0.2) is 0 Å². The average molecular weight is 383 g/mol. The third-order valence-electron chi connectivity index (χ3n) is 3.66. The van der Waals surface area contributed by atoms with Gasteiger partial charge in [0.05, 0.1) is 21.1 Å². The predicted octanol–water partition coefficient (Wildman–Crippen LogP) is 3.79. The van der Waals surface area contributed by atoms with E-state index in [1.54, 1.807) is 18.2 Å². The van der Waals surface area contributed by atoms with Crippen molar-refractivity contribution in [3.8, 4) is 0 Å². The number of para-hydroxylation sites is 1. The minimum Gasteiger partial charge on any atom is -0.326 e. The van der Waals surface area contributed by atoms with Crippen LogP contribution in [0.5, 0.6) is 0 Å². The quantitative estimate of drug-likeness (QED) is 0.489. The molecule has 0 unspecified atom stereocenters. The van der Waals surface area contributed by atoms with Crippen LogP contribution in [0.15, 0.2) is 53.4 Å². The molecule has 0 atom stereocenters. The summed E-state index contributed by atoms with van der Waals surface area (Å²) >= 11 is 0.713. The Bertz CT molecular complexity index is 985. The van der Waals surface area contributed by atoms with Crippen molar-refractivity contribution in [3.63, 3.8) is 0 Å². The number of thioether (sulfide) groups is 1. The molecule has 27 heavy (non-hydrogen) atoms. The molecular weight excluding hydrogens is 370 g/mol. The Kier molecular flexibility index (Phi) is 5.04. The van der Waals surface area contributed by atoms with Crippen LogP contribution in [0, 0.1) is 10.1 Å². The largest absolute Gasteiger partial charge is 0.326 e. The molecule has 3 amide bonds. The third-order valence-corrected chi connectivity index (χ3v) is 4.53. The average Bonchev–Trinajstić information content (AvgIpc) is 2.89. The van der Waals surface area contributed by atoms with E-state index in [0.29, 0.717) is 23.1 Å². The molecule has 1 aliphatic rings. The van der Waals surface area contributed by atoms with E-state index in [2.05, 4.69) is 5.32 Å². The van der Waals surface area contributed by atoms with Gasteiger partial charge in [-0.3, -0.25) is 24.5 Å². The second kappa shape index (κ2) is 7.42. The van der Waals surface area contributed by atoms with E-state index in [9.17, 15) is 24.5 Å². The monoisotopic (exact) mass is 383 g/mol. The summed E-state index contributed by atoms with van der Waals surface area (Å²) in [7, 11) is 0. The minimum atomic E-state index is -0.560. The molecule has 0 radical (unpaired) electrons. The molecule has 9 heteroatoms. The summed E-state index contributed by atoms with van der Waals surface area (Å²) in [6, 6.07) is 12.2. The molecule has 0 bridgehead atoms. The molecule has 0 spiro atoms. The first-order valence-corrected chi connectivity index (χ1v) is 8.57. The summed E-state index contributed by atoms with van der Waals surface area (Å²) in [6.07, 6.45) is 1.34. The Morgan fingerprint density at radius 3 is 2.44 bits per heavy atom. The molecule has 1 aliphatic heterocycles. The maximum atomic E-state index is 12.6. The van der Waals surface area contributed by atoms with Gasteiger partial charge < -0.3 is 5.32 Å². The Hall–Kier alpha value is -3.46. The highest BCUT2D eigenvalue weighted by Crippen LogP contribution is 2.37. The molecule has 2 aromatic carbocycles. The second-order valence-corrected chi connectivity index (χ2v) is 6.55. The van der Waals surface area contributed by atoms with Crippen LogP contribution in [0.1, 0.15) is 12.5 Å². The van der Waals surface area contributed by atoms with Crippen LogP contribution in [-0.2, 0) is 9.59 Å². The van der Waals surface area contributed by atoms with E-state index in [-0.39, 0.29) is 22.1 Å². The van der Waals surface area contributed by atoms with Crippen LogP contribution in [0.2, 0.25) is 0 Å². The molecule has 1 saturated heterocycles. The van der Waals surface area contributed by atoms with Gasteiger partial charge in [0.1, 0.15) is 0 Å². The maximum absolute atomic E-state index is 12.6. The number of nitrogens with one attached hydrogen (secondary N) is 1. The lowest BCUT2D eigenvalue weighted by molar-refractivity contribution is -0.385. The van der Waals surface area contributed by atoms with E-state index in [4.69, 9.17) is 0 Å².